The first-order valence-corrected chi connectivity index (χ1v) is 8.34. The van der Waals surface area contributed by atoms with Gasteiger partial charge in [-0.3, -0.25) is 0 Å². The van der Waals surface area contributed by atoms with Crippen molar-refractivity contribution in [1.82, 2.24) is 4.37 Å². The van der Waals surface area contributed by atoms with Crippen LogP contribution in [0.15, 0.2) is 42.5 Å². The molecule has 2 aromatic carbocycles. The molecule has 0 saturated carbocycles. The van der Waals surface area contributed by atoms with E-state index in [0.29, 0.717) is 22.3 Å². The number of hydrogen-bond donors (Lipinski definition) is 0. The van der Waals surface area contributed by atoms with Gasteiger partial charge in [0.15, 0.2) is 11.5 Å². The summed E-state index contributed by atoms with van der Waals surface area (Å²) in [7, 11) is 4.84. The Morgan fingerprint density at radius 2 is 1.46 bits per heavy atom. The molecule has 0 saturated heterocycles. The molecule has 0 aliphatic carbocycles. The van der Waals surface area contributed by atoms with Crippen LogP contribution in [0, 0.1) is 0 Å². The Labute approximate surface area is 149 Å². The molecule has 1 aromatic heterocycles. The van der Waals surface area contributed by atoms with E-state index in [4.69, 9.17) is 25.8 Å². The summed E-state index contributed by atoms with van der Waals surface area (Å²) in [5.41, 5.74) is 2.82. The highest BCUT2D eigenvalue weighted by Crippen LogP contribution is 2.42. The number of ether oxygens (including phenoxy) is 3. The zero-order valence-corrected chi connectivity index (χ0v) is 15.1. The lowest BCUT2D eigenvalue weighted by molar-refractivity contribution is 0.349. The van der Waals surface area contributed by atoms with Gasteiger partial charge in [0.2, 0.25) is 0 Å². The van der Waals surface area contributed by atoms with Crippen molar-refractivity contribution in [1.29, 1.82) is 0 Å². The number of halogens is 1. The monoisotopic (exact) mass is 361 g/mol. The molecule has 0 aliphatic heterocycles. The summed E-state index contributed by atoms with van der Waals surface area (Å²) in [6.45, 7) is 0. The molecule has 3 aromatic rings. The standard InChI is InChI=1S/C18H16ClNO3S/c1-21-15-10-17(23-3)16(22-2)8-13(15)18-9-14(20-24-18)11-4-6-12(19)7-5-11/h4-10H,1-3H3. The molecule has 0 unspecified atom stereocenters. The summed E-state index contributed by atoms with van der Waals surface area (Å²) < 4.78 is 20.8. The summed E-state index contributed by atoms with van der Waals surface area (Å²) in [6.07, 6.45) is 0. The SMILES string of the molecule is COc1cc(OC)c(-c2cc(-c3ccc(Cl)cc3)ns2)cc1OC. The minimum atomic E-state index is 0.626. The van der Waals surface area contributed by atoms with Crippen LogP contribution in [-0.2, 0) is 0 Å². The number of rotatable bonds is 5. The molecule has 0 aliphatic rings. The van der Waals surface area contributed by atoms with Crippen molar-refractivity contribution >= 4 is 23.1 Å². The van der Waals surface area contributed by atoms with Crippen molar-refractivity contribution in [3.05, 3.63) is 47.5 Å². The molecule has 0 fully saturated rings. The maximum absolute atomic E-state index is 5.94. The molecule has 3 rings (SSSR count). The lowest BCUT2D eigenvalue weighted by atomic mass is 10.1. The first-order chi connectivity index (χ1) is 11.7. The Balaban J connectivity index is 2.04. The van der Waals surface area contributed by atoms with Gasteiger partial charge < -0.3 is 14.2 Å². The normalized spacial score (nSPS) is 10.5. The third-order valence-corrected chi connectivity index (χ3v) is 4.70. The highest BCUT2D eigenvalue weighted by Gasteiger charge is 2.16. The van der Waals surface area contributed by atoms with Gasteiger partial charge >= 0.3 is 0 Å². The fraction of sp³-hybridized carbons (Fsp3) is 0.167. The van der Waals surface area contributed by atoms with Gasteiger partial charge in [-0.2, -0.15) is 4.37 Å². The summed E-state index contributed by atoms with van der Waals surface area (Å²) >= 11 is 7.35. The van der Waals surface area contributed by atoms with E-state index in [9.17, 15) is 0 Å². The van der Waals surface area contributed by atoms with Crippen molar-refractivity contribution in [3.8, 4) is 38.9 Å². The zero-order chi connectivity index (χ0) is 17.1. The van der Waals surface area contributed by atoms with E-state index >= 15 is 0 Å². The fourth-order valence-corrected chi connectivity index (χ4v) is 3.28. The smallest absolute Gasteiger partial charge is 0.164 e. The second kappa shape index (κ2) is 7.11. The Hall–Kier alpha value is -2.24. The van der Waals surface area contributed by atoms with Crippen LogP contribution in [0.4, 0.5) is 0 Å². The summed E-state index contributed by atoms with van der Waals surface area (Å²) in [5.74, 6) is 1.98. The molecule has 0 amide bonds. The molecule has 0 atom stereocenters. The number of nitrogens with zero attached hydrogens (tertiary/aromatic N) is 1. The van der Waals surface area contributed by atoms with E-state index in [1.54, 1.807) is 21.3 Å². The van der Waals surface area contributed by atoms with Crippen LogP contribution >= 0.6 is 23.1 Å². The molecular weight excluding hydrogens is 346 g/mol. The lowest BCUT2D eigenvalue weighted by Gasteiger charge is -2.12. The second-order valence-corrected chi connectivity index (χ2v) is 6.23. The van der Waals surface area contributed by atoms with E-state index < -0.39 is 0 Å². The third kappa shape index (κ3) is 3.18. The fourth-order valence-electron chi connectivity index (χ4n) is 2.38. The molecular formula is C18H16ClNO3S. The molecule has 0 N–H and O–H groups in total. The van der Waals surface area contributed by atoms with E-state index in [1.165, 1.54) is 11.5 Å². The van der Waals surface area contributed by atoms with Gasteiger partial charge in [0.05, 0.1) is 31.9 Å². The summed E-state index contributed by atoms with van der Waals surface area (Å²) in [4.78, 5) is 0.984. The van der Waals surface area contributed by atoms with Crippen LogP contribution in [0.25, 0.3) is 21.7 Å². The van der Waals surface area contributed by atoms with Crippen LogP contribution in [-0.4, -0.2) is 25.7 Å². The van der Waals surface area contributed by atoms with Crippen LogP contribution in [0.3, 0.4) is 0 Å². The van der Waals surface area contributed by atoms with Crippen molar-refractivity contribution < 1.29 is 14.2 Å². The van der Waals surface area contributed by atoms with Gasteiger partial charge in [-0.05, 0) is 35.8 Å². The second-order valence-electron chi connectivity index (χ2n) is 4.99. The minimum absolute atomic E-state index is 0.626. The van der Waals surface area contributed by atoms with Gasteiger partial charge in [0, 0.05) is 22.2 Å². The lowest BCUT2D eigenvalue weighted by Crippen LogP contribution is -1.94. The van der Waals surface area contributed by atoms with Crippen LogP contribution in [0.2, 0.25) is 5.02 Å². The molecule has 6 heteroatoms. The Morgan fingerprint density at radius 3 is 2.08 bits per heavy atom. The maximum atomic E-state index is 5.94. The highest BCUT2D eigenvalue weighted by atomic mass is 35.5. The van der Waals surface area contributed by atoms with Crippen LogP contribution < -0.4 is 14.2 Å². The van der Waals surface area contributed by atoms with Crippen LogP contribution in [0.5, 0.6) is 17.2 Å². The molecule has 124 valence electrons. The minimum Gasteiger partial charge on any atom is -0.496 e. The maximum Gasteiger partial charge on any atom is 0.164 e. The Bertz CT molecular complexity index is 846. The van der Waals surface area contributed by atoms with Gasteiger partial charge in [0.25, 0.3) is 0 Å². The average Bonchev–Trinajstić information content (AvgIpc) is 3.11. The van der Waals surface area contributed by atoms with Gasteiger partial charge in [-0.1, -0.05) is 23.7 Å². The van der Waals surface area contributed by atoms with E-state index in [-0.39, 0.29) is 0 Å². The van der Waals surface area contributed by atoms with Crippen molar-refractivity contribution in [2.24, 2.45) is 0 Å². The van der Waals surface area contributed by atoms with Gasteiger partial charge in [-0.15, -0.1) is 0 Å². The highest BCUT2D eigenvalue weighted by molar-refractivity contribution is 7.09. The predicted molar refractivity (Wildman–Crippen MR) is 97.7 cm³/mol. The Kier molecular flexibility index (Phi) is 4.92. The number of hydrogen-bond acceptors (Lipinski definition) is 5. The quantitative estimate of drug-likeness (QED) is 0.629. The molecule has 0 radical (unpaired) electrons. The third-order valence-electron chi connectivity index (χ3n) is 3.62. The molecule has 24 heavy (non-hydrogen) atoms. The van der Waals surface area contributed by atoms with E-state index in [2.05, 4.69) is 4.37 Å². The number of aromatic nitrogens is 1. The predicted octanol–water partition coefficient (Wildman–Crippen LogP) is 5.16. The molecule has 0 bridgehead atoms. The van der Waals surface area contributed by atoms with Crippen molar-refractivity contribution in [2.45, 2.75) is 0 Å². The number of benzene rings is 2. The average molecular weight is 362 g/mol. The molecule has 0 spiro atoms. The van der Waals surface area contributed by atoms with Crippen molar-refractivity contribution in [3.63, 3.8) is 0 Å². The molecule has 4 nitrogen and oxygen atoms in total. The van der Waals surface area contributed by atoms with Gasteiger partial charge in [-0.25, -0.2) is 0 Å². The molecule has 1 heterocycles. The Morgan fingerprint density at radius 1 is 0.833 bits per heavy atom. The van der Waals surface area contributed by atoms with Crippen LogP contribution in [0.1, 0.15) is 0 Å². The van der Waals surface area contributed by atoms with Crippen molar-refractivity contribution in [2.75, 3.05) is 21.3 Å². The number of methoxy groups -OCH3 is 3. The largest absolute Gasteiger partial charge is 0.496 e. The topological polar surface area (TPSA) is 40.6 Å². The summed E-state index contributed by atoms with van der Waals surface area (Å²) in [6, 6.07) is 13.4. The van der Waals surface area contributed by atoms with Gasteiger partial charge in [0.1, 0.15) is 5.75 Å². The van der Waals surface area contributed by atoms with E-state index in [1.807, 2.05) is 42.5 Å². The summed E-state index contributed by atoms with van der Waals surface area (Å²) in [5, 5.41) is 0.704. The first-order valence-electron chi connectivity index (χ1n) is 7.19. The van der Waals surface area contributed by atoms with E-state index in [0.717, 1.165) is 21.7 Å². The first kappa shape index (κ1) is 16.6. The zero-order valence-electron chi connectivity index (χ0n) is 13.5.